The molecule has 26 heavy (non-hydrogen) atoms. The second-order valence-corrected chi connectivity index (χ2v) is 7.36. The molecule has 0 radical (unpaired) electrons. The molecule has 2 N–H and O–H groups in total. The van der Waals surface area contributed by atoms with E-state index in [-0.39, 0.29) is 17.9 Å². The number of nitrogens with zero attached hydrogens (tertiary/aromatic N) is 4. The number of H-pyrrole nitrogens is 1. The molecule has 0 aliphatic rings. The first kappa shape index (κ1) is 18.0. The monoisotopic (exact) mass is 372 g/mol. The van der Waals surface area contributed by atoms with Crippen LogP contribution in [0.3, 0.4) is 0 Å². The summed E-state index contributed by atoms with van der Waals surface area (Å²) in [6.07, 6.45) is 1.52. The van der Waals surface area contributed by atoms with Gasteiger partial charge in [0.15, 0.2) is 0 Å². The summed E-state index contributed by atoms with van der Waals surface area (Å²) in [4.78, 5) is 33.1. The number of rotatable bonds is 4. The lowest BCUT2D eigenvalue weighted by Gasteiger charge is -2.01. The van der Waals surface area contributed by atoms with E-state index in [2.05, 4.69) is 25.6 Å². The first-order valence-electron chi connectivity index (χ1n) is 8.09. The van der Waals surface area contributed by atoms with Crippen LogP contribution in [0.2, 0.25) is 0 Å². The van der Waals surface area contributed by atoms with Crippen LogP contribution in [0.4, 0.5) is 0 Å². The molecule has 1 amide bonds. The first-order valence-corrected chi connectivity index (χ1v) is 8.90. The van der Waals surface area contributed by atoms with Gasteiger partial charge >= 0.3 is 0 Å². The molecule has 3 rings (SSSR count). The van der Waals surface area contributed by atoms with Gasteiger partial charge in [0.05, 0.1) is 23.7 Å². The molecule has 3 aromatic rings. The lowest BCUT2D eigenvalue weighted by Crippen LogP contribution is -2.23. The minimum atomic E-state index is -0.354. The van der Waals surface area contributed by atoms with Crippen molar-refractivity contribution in [1.29, 1.82) is 0 Å². The number of carbonyl (C=O) groups excluding carboxylic acids is 1. The van der Waals surface area contributed by atoms with E-state index >= 15 is 0 Å². The number of thiophene rings is 1. The normalized spacial score (nSPS) is 11.6. The topological polar surface area (TPSA) is 105 Å². The van der Waals surface area contributed by atoms with E-state index in [1.165, 1.54) is 11.3 Å². The minimum Gasteiger partial charge on any atom is -0.309 e. The Bertz CT molecular complexity index is 1090. The largest absolute Gasteiger partial charge is 0.309 e. The van der Waals surface area contributed by atoms with Crippen LogP contribution < -0.4 is 11.0 Å². The number of hydrogen-bond acceptors (Lipinski definition) is 6. The molecule has 0 aliphatic carbocycles. The molecular weight excluding hydrogens is 352 g/mol. The lowest BCUT2D eigenvalue weighted by atomic mass is 10.2. The molecule has 8 nitrogen and oxygen atoms in total. The highest BCUT2D eigenvalue weighted by molar-refractivity contribution is 7.18. The number of nitrogens with one attached hydrogen (secondary N) is 2. The first-order chi connectivity index (χ1) is 12.3. The number of aryl methyl sites for hydroxylation is 4. The second kappa shape index (κ2) is 6.83. The van der Waals surface area contributed by atoms with Crippen LogP contribution in [0.5, 0.6) is 0 Å². The van der Waals surface area contributed by atoms with Crippen molar-refractivity contribution in [2.24, 2.45) is 12.1 Å². The number of hydrogen-bond donors (Lipinski definition) is 2. The van der Waals surface area contributed by atoms with Crippen LogP contribution in [-0.4, -0.2) is 31.9 Å². The van der Waals surface area contributed by atoms with Crippen molar-refractivity contribution in [3.8, 4) is 0 Å². The van der Waals surface area contributed by atoms with E-state index in [1.807, 2.05) is 34.7 Å². The Morgan fingerprint density at radius 3 is 2.73 bits per heavy atom. The molecule has 0 unspecified atom stereocenters. The van der Waals surface area contributed by atoms with E-state index < -0.39 is 0 Å². The maximum Gasteiger partial charge on any atom is 0.259 e. The third-order valence-corrected chi connectivity index (χ3v) is 5.47. The highest BCUT2D eigenvalue weighted by Crippen LogP contribution is 2.25. The fraction of sp³-hybridized carbons (Fsp3) is 0.353. The van der Waals surface area contributed by atoms with Gasteiger partial charge in [0, 0.05) is 23.2 Å². The van der Waals surface area contributed by atoms with Crippen LogP contribution in [0, 0.1) is 27.7 Å². The lowest BCUT2D eigenvalue weighted by molar-refractivity contribution is -0.120. The fourth-order valence-corrected chi connectivity index (χ4v) is 3.77. The van der Waals surface area contributed by atoms with Crippen LogP contribution in [0.25, 0.3) is 10.2 Å². The molecule has 0 saturated carbocycles. The average molecular weight is 372 g/mol. The number of carbonyl (C=O) groups is 1. The summed E-state index contributed by atoms with van der Waals surface area (Å²) in [5.74, 6) is -0.0295. The zero-order valence-electron chi connectivity index (χ0n) is 15.3. The van der Waals surface area contributed by atoms with Gasteiger partial charge in [0.2, 0.25) is 5.91 Å². The molecule has 0 spiro atoms. The van der Waals surface area contributed by atoms with Crippen LogP contribution >= 0.6 is 11.3 Å². The van der Waals surface area contributed by atoms with Crippen molar-refractivity contribution < 1.29 is 4.79 Å². The van der Waals surface area contributed by atoms with E-state index in [9.17, 15) is 9.59 Å². The zero-order chi connectivity index (χ0) is 19.0. The maximum atomic E-state index is 12.2. The maximum absolute atomic E-state index is 12.2. The standard InChI is InChI=1S/C17H20N6O2S/c1-8-11(4)26-17-15(8)16(25)19-13(20-17)6-14(24)21-18-7-12-9(2)22-23(5)10(12)3/h7H,6H2,1-5H3,(H,21,24)(H,19,20,25)/b18-7-. The molecule has 0 atom stereocenters. The summed E-state index contributed by atoms with van der Waals surface area (Å²) in [7, 11) is 1.85. The van der Waals surface area contributed by atoms with Crippen molar-refractivity contribution in [3.63, 3.8) is 0 Å². The molecular formula is C17H20N6O2S. The second-order valence-electron chi connectivity index (χ2n) is 6.15. The van der Waals surface area contributed by atoms with Crippen LogP contribution in [-0.2, 0) is 18.3 Å². The summed E-state index contributed by atoms with van der Waals surface area (Å²) >= 11 is 1.45. The van der Waals surface area contributed by atoms with Crippen LogP contribution in [0.1, 0.15) is 33.2 Å². The van der Waals surface area contributed by atoms with Gasteiger partial charge < -0.3 is 4.98 Å². The Kier molecular flexibility index (Phi) is 4.73. The van der Waals surface area contributed by atoms with Crippen LogP contribution in [0.15, 0.2) is 9.90 Å². The van der Waals surface area contributed by atoms with Crippen molar-refractivity contribution in [3.05, 3.63) is 43.6 Å². The Labute approximate surface area is 154 Å². The molecule has 3 aromatic heterocycles. The molecule has 136 valence electrons. The number of aromatic amines is 1. The Balaban J connectivity index is 1.73. The average Bonchev–Trinajstić information content (AvgIpc) is 2.97. The molecule has 3 heterocycles. The third-order valence-electron chi connectivity index (χ3n) is 4.36. The van der Waals surface area contributed by atoms with E-state index in [0.29, 0.717) is 16.0 Å². The third kappa shape index (κ3) is 3.30. The minimum absolute atomic E-state index is 0.0521. The quantitative estimate of drug-likeness (QED) is 0.536. The summed E-state index contributed by atoms with van der Waals surface area (Å²) in [6, 6.07) is 0. The molecule has 9 heteroatoms. The van der Waals surface area contributed by atoms with Gasteiger partial charge in [-0.15, -0.1) is 11.3 Å². The molecule has 0 aromatic carbocycles. The zero-order valence-corrected chi connectivity index (χ0v) is 16.1. The smallest absolute Gasteiger partial charge is 0.259 e. The number of hydrazone groups is 1. The van der Waals surface area contributed by atoms with Crippen molar-refractivity contribution >= 4 is 33.7 Å². The van der Waals surface area contributed by atoms with Gasteiger partial charge in [-0.05, 0) is 33.3 Å². The van der Waals surface area contributed by atoms with Gasteiger partial charge in [0.1, 0.15) is 10.7 Å². The summed E-state index contributed by atoms with van der Waals surface area (Å²) in [6.45, 7) is 7.66. The van der Waals surface area contributed by atoms with Gasteiger partial charge in [-0.2, -0.15) is 10.2 Å². The van der Waals surface area contributed by atoms with Gasteiger partial charge in [-0.25, -0.2) is 10.4 Å². The van der Waals surface area contributed by atoms with Gasteiger partial charge in [-0.3, -0.25) is 14.3 Å². The van der Waals surface area contributed by atoms with E-state index in [1.54, 1.807) is 10.9 Å². The number of fused-ring (bicyclic) bond motifs is 1. The van der Waals surface area contributed by atoms with E-state index in [4.69, 9.17) is 0 Å². The Hall–Kier alpha value is -2.81. The summed E-state index contributed by atoms with van der Waals surface area (Å²) < 4.78 is 1.76. The Morgan fingerprint density at radius 1 is 1.35 bits per heavy atom. The highest BCUT2D eigenvalue weighted by Gasteiger charge is 2.13. The SMILES string of the molecule is Cc1nn(C)c(C)c1/C=N\NC(=O)Cc1nc2sc(C)c(C)c2c(=O)[nH]1. The fourth-order valence-electron chi connectivity index (χ4n) is 2.72. The van der Waals surface area contributed by atoms with Crippen molar-refractivity contribution in [2.75, 3.05) is 0 Å². The summed E-state index contributed by atoms with van der Waals surface area (Å²) in [5.41, 5.74) is 5.84. The van der Waals surface area contributed by atoms with Gasteiger partial charge in [0.25, 0.3) is 5.56 Å². The van der Waals surface area contributed by atoms with Gasteiger partial charge in [-0.1, -0.05) is 0 Å². The highest BCUT2D eigenvalue weighted by atomic mass is 32.1. The predicted octanol–water partition coefficient (Wildman–Crippen LogP) is 1.64. The van der Waals surface area contributed by atoms with E-state index in [0.717, 1.165) is 27.4 Å². The molecule has 0 bridgehead atoms. The molecule has 0 aliphatic heterocycles. The van der Waals surface area contributed by atoms with Crippen molar-refractivity contribution in [2.45, 2.75) is 34.1 Å². The Morgan fingerprint density at radius 2 is 2.08 bits per heavy atom. The molecule has 0 fully saturated rings. The number of aromatic nitrogens is 4. The van der Waals surface area contributed by atoms with Crippen molar-refractivity contribution in [1.82, 2.24) is 25.2 Å². The summed E-state index contributed by atoms with van der Waals surface area (Å²) in [5, 5.41) is 8.86. The predicted molar refractivity (Wildman–Crippen MR) is 102 cm³/mol. The molecule has 0 saturated heterocycles. The number of amides is 1.